The summed E-state index contributed by atoms with van der Waals surface area (Å²) in [6.07, 6.45) is 2.37. The molecule has 14 heteroatoms. The second-order valence-electron chi connectivity index (χ2n) is 12.8. The van der Waals surface area contributed by atoms with Crippen LogP contribution in [0.15, 0.2) is 0 Å². The van der Waals surface area contributed by atoms with Crippen molar-refractivity contribution in [1.29, 1.82) is 0 Å². The van der Waals surface area contributed by atoms with Gasteiger partial charge in [0.2, 0.25) is 29.5 Å². The van der Waals surface area contributed by atoms with Gasteiger partial charge in [-0.25, -0.2) is 0 Å². The third-order valence-corrected chi connectivity index (χ3v) is 8.46. The molecule has 1 fully saturated rings. The van der Waals surface area contributed by atoms with Crippen LogP contribution in [-0.4, -0.2) is 107 Å². The van der Waals surface area contributed by atoms with Crippen LogP contribution < -0.4 is 21.3 Å². The SMILES string of the molecule is CCCCCC[C@H]1OC(=O)CNC(=O)[C@@H]([C@H](C)O)NC(=O)[C@H](CO)NC(=O)[C@H]([C@H](C)CC)NC(=O)[C@H](CC(C)C)N(C)C(=O)[C@@H]1C. The van der Waals surface area contributed by atoms with Crippen molar-refractivity contribution in [2.24, 2.45) is 17.8 Å². The lowest BCUT2D eigenvalue weighted by molar-refractivity contribution is -0.157. The number of cyclic esters (lactones) is 1. The maximum atomic E-state index is 13.9. The Hall–Kier alpha value is -3.26. The number of amides is 5. The zero-order valence-corrected chi connectivity index (χ0v) is 28.8. The second kappa shape index (κ2) is 20.1. The number of hydrogen-bond donors (Lipinski definition) is 6. The maximum Gasteiger partial charge on any atom is 0.325 e. The van der Waals surface area contributed by atoms with E-state index >= 15 is 0 Å². The summed E-state index contributed by atoms with van der Waals surface area (Å²) in [6.45, 7) is 10.9. The first kappa shape index (κ1) is 40.8. The van der Waals surface area contributed by atoms with Gasteiger partial charge in [0.25, 0.3) is 0 Å². The fraction of sp³-hybridized carbons (Fsp3) is 0.812. The van der Waals surface area contributed by atoms with Crippen molar-refractivity contribution in [3.8, 4) is 0 Å². The molecule has 1 aliphatic heterocycles. The number of aliphatic hydroxyl groups is 2. The third-order valence-electron chi connectivity index (χ3n) is 8.46. The Morgan fingerprint density at radius 1 is 0.870 bits per heavy atom. The molecular weight excluding hydrogens is 598 g/mol. The fourth-order valence-electron chi connectivity index (χ4n) is 5.25. The lowest BCUT2D eigenvalue weighted by Crippen LogP contribution is -2.61. The summed E-state index contributed by atoms with van der Waals surface area (Å²) in [4.78, 5) is 81.3. The summed E-state index contributed by atoms with van der Waals surface area (Å²) in [5.74, 6) is -5.66. The molecule has 264 valence electrons. The number of likely N-dealkylation sites (N-methyl/N-ethyl adjacent to an activating group) is 1. The van der Waals surface area contributed by atoms with E-state index in [2.05, 4.69) is 28.2 Å². The minimum Gasteiger partial charge on any atom is -0.460 e. The normalized spacial score (nSPS) is 27.8. The number of nitrogens with zero attached hydrogens (tertiary/aromatic N) is 1. The van der Waals surface area contributed by atoms with Crippen LogP contribution in [0.4, 0.5) is 0 Å². The number of hydrogen-bond acceptors (Lipinski definition) is 9. The standard InChI is InChI=1S/C32H57N5O9/c1-9-11-12-13-14-24-20(6)32(45)37(8)23(15-18(3)4)29(42)35-26(19(5)10-2)31(44)34-22(17-38)28(41)36-27(21(7)39)30(43)33-16-25(40)46-24/h18-24,26-27,38-39H,9-17H2,1-8H3,(H,33,43)(H,34,44)(H,35,42)(H,36,41)/t19-,20-,21+,22+,23+,24-,26+,27-/m1/s1. The number of rotatable bonds is 11. The van der Waals surface area contributed by atoms with Crippen molar-refractivity contribution in [3.05, 3.63) is 0 Å². The first-order chi connectivity index (χ1) is 21.6. The monoisotopic (exact) mass is 655 g/mol. The molecule has 0 bridgehead atoms. The van der Waals surface area contributed by atoms with Gasteiger partial charge >= 0.3 is 5.97 Å². The Morgan fingerprint density at radius 2 is 1.50 bits per heavy atom. The molecule has 0 spiro atoms. The summed E-state index contributed by atoms with van der Waals surface area (Å²) in [6, 6.07) is -5.15. The molecule has 0 saturated carbocycles. The minimum absolute atomic E-state index is 0.00519. The summed E-state index contributed by atoms with van der Waals surface area (Å²) >= 11 is 0. The molecule has 46 heavy (non-hydrogen) atoms. The Morgan fingerprint density at radius 3 is 2.04 bits per heavy atom. The van der Waals surface area contributed by atoms with Crippen molar-refractivity contribution in [1.82, 2.24) is 26.2 Å². The van der Waals surface area contributed by atoms with Crippen molar-refractivity contribution in [3.63, 3.8) is 0 Å². The average molecular weight is 656 g/mol. The van der Waals surface area contributed by atoms with Gasteiger partial charge in [-0.2, -0.15) is 0 Å². The van der Waals surface area contributed by atoms with Crippen LogP contribution in [0.1, 0.15) is 93.4 Å². The molecule has 1 saturated heterocycles. The highest BCUT2D eigenvalue weighted by Crippen LogP contribution is 2.22. The van der Waals surface area contributed by atoms with Crippen LogP contribution in [0, 0.1) is 17.8 Å². The number of carbonyl (C=O) groups is 6. The summed E-state index contributed by atoms with van der Waals surface area (Å²) in [5, 5.41) is 30.0. The van der Waals surface area contributed by atoms with Gasteiger partial charge in [0.05, 0.1) is 18.6 Å². The molecule has 14 nitrogen and oxygen atoms in total. The molecule has 5 amide bonds. The number of carbonyl (C=O) groups excluding carboxylic acids is 6. The zero-order valence-electron chi connectivity index (χ0n) is 28.8. The molecule has 0 aliphatic carbocycles. The van der Waals surface area contributed by atoms with Crippen LogP contribution in [-0.2, 0) is 33.5 Å². The van der Waals surface area contributed by atoms with Gasteiger partial charge in [-0.1, -0.05) is 67.2 Å². The zero-order chi connectivity index (χ0) is 35.1. The molecule has 0 aromatic carbocycles. The third kappa shape index (κ3) is 12.5. The topological polar surface area (TPSA) is 203 Å². The van der Waals surface area contributed by atoms with E-state index in [4.69, 9.17) is 4.74 Å². The molecule has 1 rings (SSSR count). The number of esters is 1. The second-order valence-corrected chi connectivity index (χ2v) is 12.8. The van der Waals surface area contributed by atoms with E-state index < -0.39 is 96.9 Å². The lowest BCUT2D eigenvalue weighted by Gasteiger charge is -2.34. The van der Waals surface area contributed by atoms with Gasteiger partial charge < -0.3 is 41.1 Å². The van der Waals surface area contributed by atoms with Crippen molar-refractivity contribution < 1.29 is 43.7 Å². The number of ether oxygens (including phenoxy) is 1. The van der Waals surface area contributed by atoms with Crippen molar-refractivity contribution in [2.75, 3.05) is 20.2 Å². The van der Waals surface area contributed by atoms with Gasteiger partial charge in [-0.05, 0) is 38.0 Å². The molecule has 1 heterocycles. The number of aliphatic hydroxyl groups excluding tert-OH is 2. The molecule has 1 aliphatic rings. The van der Waals surface area contributed by atoms with E-state index in [1.54, 1.807) is 13.8 Å². The van der Waals surface area contributed by atoms with Gasteiger partial charge in [-0.3, -0.25) is 28.8 Å². The van der Waals surface area contributed by atoms with E-state index in [0.29, 0.717) is 19.3 Å². The van der Waals surface area contributed by atoms with Gasteiger partial charge in [0, 0.05) is 7.05 Å². The number of nitrogens with one attached hydrogen (secondary N) is 4. The van der Waals surface area contributed by atoms with E-state index in [1.165, 1.54) is 18.9 Å². The first-order valence-electron chi connectivity index (χ1n) is 16.5. The van der Waals surface area contributed by atoms with Crippen LogP contribution in [0.2, 0.25) is 0 Å². The highest BCUT2D eigenvalue weighted by molar-refractivity contribution is 5.96. The highest BCUT2D eigenvalue weighted by atomic mass is 16.5. The Labute approximate surface area is 273 Å². The summed E-state index contributed by atoms with van der Waals surface area (Å²) in [5.41, 5.74) is 0. The van der Waals surface area contributed by atoms with E-state index in [1.807, 2.05) is 20.8 Å². The van der Waals surface area contributed by atoms with Crippen molar-refractivity contribution in [2.45, 2.75) is 130 Å². The first-order valence-corrected chi connectivity index (χ1v) is 16.5. The van der Waals surface area contributed by atoms with Gasteiger partial charge in [0.1, 0.15) is 36.8 Å². The molecule has 0 unspecified atom stereocenters. The van der Waals surface area contributed by atoms with Crippen LogP contribution in [0.5, 0.6) is 0 Å². The fourth-order valence-corrected chi connectivity index (χ4v) is 5.25. The molecule has 0 radical (unpaired) electrons. The van der Waals surface area contributed by atoms with E-state index in [9.17, 15) is 39.0 Å². The van der Waals surface area contributed by atoms with E-state index in [0.717, 1.165) is 19.3 Å². The van der Waals surface area contributed by atoms with Gasteiger partial charge in [0.15, 0.2) is 0 Å². The highest BCUT2D eigenvalue weighted by Gasteiger charge is 2.38. The largest absolute Gasteiger partial charge is 0.460 e. The Kier molecular flexibility index (Phi) is 17.8. The smallest absolute Gasteiger partial charge is 0.325 e. The quantitative estimate of drug-likeness (QED) is 0.134. The summed E-state index contributed by atoms with van der Waals surface area (Å²) in [7, 11) is 1.50. The lowest BCUT2D eigenvalue weighted by atomic mass is 9.94. The molecular formula is C32H57N5O9. The summed E-state index contributed by atoms with van der Waals surface area (Å²) < 4.78 is 5.71. The average Bonchev–Trinajstić information content (AvgIpc) is 3.01. The van der Waals surface area contributed by atoms with Crippen molar-refractivity contribution >= 4 is 35.5 Å². The Balaban J connectivity index is 3.62. The minimum atomic E-state index is -1.53. The van der Waals surface area contributed by atoms with Gasteiger partial charge in [-0.15, -0.1) is 0 Å². The molecule has 6 N–H and O–H groups in total. The molecule has 0 aromatic rings. The Bertz CT molecular complexity index is 1040. The number of unbranched alkanes of at least 4 members (excludes halogenated alkanes) is 3. The van der Waals surface area contributed by atoms with E-state index in [-0.39, 0.29) is 12.3 Å². The molecule has 0 aromatic heterocycles. The van der Waals surface area contributed by atoms with Crippen LogP contribution in [0.25, 0.3) is 0 Å². The van der Waals surface area contributed by atoms with Crippen LogP contribution in [0.3, 0.4) is 0 Å². The predicted octanol–water partition coefficient (Wildman–Crippen LogP) is 0.381. The van der Waals surface area contributed by atoms with Crippen LogP contribution >= 0.6 is 0 Å². The molecule has 8 atom stereocenters. The maximum absolute atomic E-state index is 13.9. The predicted molar refractivity (Wildman–Crippen MR) is 171 cm³/mol.